The predicted molar refractivity (Wildman–Crippen MR) is 60.4 cm³/mol. The summed E-state index contributed by atoms with van der Waals surface area (Å²) in [5.74, 6) is -0.241. The molecule has 1 aromatic carbocycles. The predicted octanol–water partition coefficient (Wildman–Crippen LogP) is 3.30. The average molecular weight is 343 g/mol. The standard InChI is InChI=1S/C10H10ClO2.BrH.Zn/c1-13-10(12)7-4-8-2-5-9(11)6-3-8;;/h2-6H,7H2,1H3;1H;/q-1;;+2/p-1. The van der Waals surface area contributed by atoms with E-state index in [9.17, 15) is 4.79 Å². The molecule has 2 nitrogen and oxygen atoms in total. The molecule has 78 valence electrons. The summed E-state index contributed by atoms with van der Waals surface area (Å²) in [5.41, 5.74) is 0.967. The van der Waals surface area contributed by atoms with E-state index in [0.717, 1.165) is 5.56 Å². The van der Waals surface area contributed by atoms with Crippen molar-refractivity contribution < 1.29 is 25.9 Å². The van der Waals surface area contributed by atoms with Gasteiger partial charge in [-0.2, -0.15) is 24.1 Å². The third-order valence-electron chi connectivity index (χ3n) is 1.60. The van der Waals surface area contributed by atoms with E-state index in [1.165, 1.54) is 23.5 Å². The molecule has 0 aliphatic rings. The Balaban J connectivity index is 0.000000921. The Morgan fingerprint density at radius 1 is 1.47 bits per heavy atom. The first kappa shape index (κ1) is 15.0. The zero-order chi connectivity index (χ0) is 11.7. The number of rotatable bonds is 3. The van der Waals surface area contributed by atoms with E-state index >= 15 is 0 Å². The average Bonchev–Trinajstić information content (AvgIpc) is 2.30. The molecule has 1 aromatic rings. The van der Waals surface area contributed by atoms with Crippen LogP contribution in [0, 0.1) is 6.42 Å². The van der Waals surface area contributed by atoms with Gasteiger partial charge in [-0.25, -0.2) is 0 Å². The molecule has 5 heteroatoms. The second kappa shape index (κ2) is 9.20. The molecule has 0 aliphatic heterocycles. The third kappa shape index (κ3) is 6.94. The summed E-state index contributed by atoms with van der Waals surface area (Å²) in [7, 11) is 1.37. The number of carbonyl (C=O) groups excluding carboxylic acids is 1. The van der Waals surface area contributed by atoms with Gasteiger partial charge in [0.15, 0.2) is 0 Å². The maximum atomic E-state index is 10.8. The van der Waals surface area contributed by atoms with E-state index in [2.05, 4.69) is 18.4 Å². The van der Waals surface area contributed by atoms with Crippen molar-refractivity contribution in [3.8, 4) is 0 Å². The monoisotopic (exact) mass is 340 g/mol. The molecule has 0 unspecified atom stereocenters. The van der Waals surface area contributed by atoms with E-state index < -0.39 is 0 Å². The van der Waals surface area contributed by atoms with Gasteiger partial charge in [-0.1, -0.05) is 23.7 Å². The van der Waals surface area contributed by atoms with Crippen LogP contribution in [0.1, 0.15) is 12.0 Å². The summed E-state index contributed by atoms with van der Waals surface area (Å²) >= 11 is 9.95. The van der Waals surface area contributed by atoms with Gasteiger partial charge in [0.1, 0.15) is 0 Å². The van der Waals surface area contributed by atoms with Crippen molar-refractivity contribution in [1.82, 2.24) is 0 Å². The van der Waals surface area contributed by atoms with Gasteiger partial charge >= 0.3 is 30.0 Å². The summed E-state index contributed by atoms with van der Waals surface area (Å²) in [6.45, 7) is 0. The molecule has 1 rings (SSSR count). The van der Waals surface area contributed by atoms with Gasteiger partial charge in [0.05, 0.1) is 7.11 Å². The fourth-order valence-electron chi connectivity index (χ4n) is 0.883. The van der Waals surface area contributed by atoms with Crippen LogP contribution in [0.4, 0.5) is 0 Å². The summed E-state index contributed by atoms with van der Waals surface area (Å²) < 4.78 is 4.50. The van der Waals surface area contributed by atoms with Crippen molar-refractivity contribution in [1.29, 1.82) is 0 Å². The minimum absolute atomic E-state index is 0.241. The fourth-order valence-corrected chi connectivity index (χ4v) is 1.01. The summed E-state index contributed by atoms with van der Waals surface area (Å²) in [6.07, 6.45) is 2.08. The molecule has 0 atom stereocenters. The van der Waals surface area contributed by atoms with E-state index in [-0.39, 0.29) is 12.4 Å². The van der Waals surface area contributed by atoms with Gasteiger partial charge in [0.2, 0.25) is 0 Å². The Bertz CT molecular complexity index is 290. The van der Waals surface area contributed by atoms with Gasteiger partial charge in [-0.3, -0.25) is 4.79 Å². The number of benzene rings is 1. The van der Waals surface area contributed by atoms with Crippen molar-refractivity contribution in [2.24, 2.45) is 0 Å². The van der Waals surface area contributed by atoms with Crippen molar-refractivity contribution in [3.05, 3.63) is 41.3 Å². The molecule has 0 aliphatic carbocycles. The van der Waals surface area contributed by atoms with Crippen molar-refractivity contribution in [2.75, 3.05) is 7.11 Å². The van der Waals surface area contributed by atoms with Crippen LogP contribution in [0.2, 0.25) is 5.02 Å². The molecular weight excluding hydrogens is 333 g/mol. The number of halogens is 2. The van der Waals surface area contributed by atoms with Crippen LogP contribution in [0.15, 0.2) is 24.3 Å². The minimum atomic E-state index is -0.241. The van der Waals surface area contributed by atoms with Gasteiger partial charge in [0, 0.05) is 11.4 Å². The summed E-state index contributed by atoms with van der Waals surface area (Å²) in [6, 6.07) is 7.27. The normalized spacial score (nSPS) is 8.60. The van der Waals surface area contributed by atoms with Crippen molar-refractivity contribution >= 4 is 31.2 Å². The topological polar surface area (TPSA) is 26.3 Å². The second-order valence-electron chi connectivity index (χ2n) is 2.54. The first-order valence-corrected chi connectivity index (χ1v) is 11.5. The molecule has 0 bridgehead atoms. The quantitative estimate of drug-likeness (QED) is 0.478. The second-order valence-corrected chi connectivity index (χ2v) is 2.97. The van der Waals surface area contributed by atoms with Gasteiger partial charge in [0.25, 0.3) is 5.97 Å². The number of ether oxygens (including phenoxy) is 1. The van der Waals surface area contributed by atoms with Crippen LogP contribution in [0.25, 0.3) is 0 Å². The number of hydrogen-bond acceptors (Lipinski definition) is 2. The Morgan fingerprint density at radius 2 is 2.00 bits per heavy atom. The van der Waals surface area contributed by atoms with Gasteiger partial charge in [-0.05, 0) is 0 Å². The van der Waals surface area contributed by atoms with Crippen LogP contribution >= 0.6 is 25.2 Å². The molecule has 0 fully saturated rings. The molecule has 0 spiro atoms. The van der Waals surface area contributed by atoms with E-state index in [1.807, 2.05) is 12.1 Å². The number of carbonyl (C=O) groups is 1. The molecule has 0 saturated carbocycles. The van der Waals surface area contributed by atoms with Crippen LogP contribution in [0.3, 0.4) is 0 Å². The Labute approximate surface area is 111 Å². The molecule has 15 heavy (non-hydrogen) atoms. The first-order valence-electron chi connectivity index (χ1n) is 4.14. The number of hydrogen-bond donors (Lipinski definition) is 0. The molecule has 0 saturated heterocycles. The van der Waals surface area contributed by atoms with E-state index in [0.29, 0.717) is 5.02 Å². The van der Waals surface area contributed by atoms with Crippen LogP contribution < -0.4 is 0 Å². The van der Waals surface area contributed by atoms with Crippen LogP contribution in [0.5, 0.6) is 0 Å². The molecular formula is C10H10BrClO2Zn. The fraction of sp³-hybridized carbons (Fsp3) is 0.200. The van der Waals surface area contributed by atoms with Crippen molar-refractivity contribution in [2.45, 2.75) is 6.42 Å². The summed E-state index contributed by atoms with van der Waals surface area (Å²) in [5, 5.41) is 0.690. The van der Waals surface area contributed by atoms with Crippen molar-refractivity contribution in [3.63, 3.8) is 0 Å². The zero-order valence-corrected chi connectivity index (χ0v) is 13.7. The molecule has 0 aromatic heterocycles. The third-order valence-corrected chi connectivity index (χ3v) is 1.85. The molecule has 0 N–H and O–H groups in total. The van der Waals surface area contributed by atoms with E-state index in [4.69, 9.17) is 11.6 Å². The summed E-state index contributed by atoms with van der Waals surface area (Å²) in [4.78, 5) is 10.8. The maximum absolute atomic E-state index is 10.8. The number of esters is 1. The Kier molecular flexibility index (Phi) is 9.17. The van der Waals surface area contributed by atoms with Crippen LogP contribution in [-0.2, 0) is 25.9 Å². The number of methoxy groups -OCH3 is 1. The van der Waals surface area contributed by atoms with Crippen LogP contribution in [-0.4, -0.2) is 13.1 Å². The SMILES string of the molecule is COC(=O)C[CH-]c1ccc(Cl)cc1.[Zn+][Br]. The van der Waals surface area contributed by atoms with Gasteiger partial charge < -0.3 is 4.74 Å². The molecule has 0 amide bonds. The Hall–Kier alpha value is -0.0466. The molecule has 0 radical (unpaired) electrons. The van der Waals surface area contributed by atoms with E-state index in [1.54, 1.807) is 18.6 Å². The molecule has 0 heterocycles. The Morgan fingerprint density at radius 3 is 2.47 bits per heavy atom. The van der Waals surface area contributed by atoms with Gasteiger partial charge in [-0.15, -0.1) is 0 Å². The first-order chi connectivity index (χ1) is 7.22. The zero-order valence-electron chi connectivity index (χ0n) is 8.37.